The van der Waals surface area contributed by atoms with Gasteiger partial charge in [0.1, 0.15) is 18.4 Å². The van der Waals surface area contributed by atoms with E-state index in [1.807, 2.05) is 32.0 Å². The second-order valence-electron chi connectivity index (χ2n) is 5.94. The number of anilines is 1. The Kier molecular flexibility index (Phi) is 6.46. The number of carbonyl (C=O) groups is 1. The molecule has 1 aliphatic rings. The third kappa shape index (κ3) is 3.95. The lowest BCUT2D eigenvalue weighted by molar-refractivity contribution is -0.138. The Balaban J connectivity index is 2.19. The maximum absolute atomic E-state index is 12.9. The van der Waals surface area contributed by atoms with Crippen molar-refractivity contribution in [1.29, 1.82) is 0 Å². The molecule has 148 valence electrons. The van der Waals surface area contributed by atoms with E-state index in [9.17, 15) is 4.79 Å². The van der Waals surface area contributed by atoms with Crippen molar-refractivity contribution in [3.05, 3.63) is 52.2 Å². The van der Waals surface area contributed by atoms with E-state index in [0.717, 1.165) is 15.8 Å². The fraction of sp³-hybridized carbons (Fsp3) is 0.316. The van der Waals surface area contributed by atoms with Crippen molar-refractivity contribution in [2.75, 3.05) is 24.8 Å². The molecule has 1 unspecified atom stereocenters. The summed E-state index contributed by atoms with van der Waals surface area (Å²) in [6.07, 6.45) is 1.54. The van der Waals surface area contributed by atoms with E-state index in [2.05, 4.69) is 37.9 Å². The lowest BCUT2D eigenvalue weighted by Gasteiger charge is -2.29. The van der Waals surface area contributed by atoms with Gasteiger partial charge in [-0.25, -0.2) is 9.48 Å². The van der Waals surface area contributed by atoms with Crippen molar-refractivity contribution in [2.24, 2.45) is 0 Å². The van der Waals surface area contributed by atoms with Gasteiger partial charge in [-0.2, -0.15) is 4.98 Å². The van der Waals surface area contributed by atoms with Crippen LogP contribution in [-0.4, -0.2) is 40.2 Å². The number of halogens is 1. The molecule has 2 heterocycles. The molecule has 0 radical (unpaired) electrons. The van der Waals surface area contributed by atoms with E-state index < -0.39 is 12.0 Å². The maximum atomic E-state index is 12.9. The molecular formula is C19H21BrN4O3S. The normalized spacial score (nSPS) is 15.6. The largest absolute Gasteiger partial charge is 0.496 e. The van der Waals surface area contributed by atoms with Gasteiger partial charge in [0, 0.05) is 15.7 Å². The monoisotopic (exact) mass is 464 g/mol. The summed E-state index contributed by atoms with van der Waals surface area (Å²) in [6, 6.07) is 5.11. The third-order valence-corrected chi connectivity index (χ3v) is 5.36. The molecule has 0 bridgehead atoms. The lowest BCUT2D eigenvalue weighted by Crippen LogP contribution is -2.30. The molecule has 28 heavy (non-hydrogen) atoms. The first-order valence-corrected chi connectivity index (χ1v) is 10.5. The first kappa shape index (κ1) is 20.5. The Morgan fingerprint density at radius 1 is 1.50 bits per heavy atom. The van der Waals surface area contributed by atoms with Gasteiger partial charge >= 0.3 is 5.97 Å². The molecule has 0 aliphatic carbocycles. The molecule has 1 aromatic heterocycles. The fourth-order valence-corrected chi connectivity index (χ4v) is 3.94. The van der Waals surface area contributed by atoms with Crippen LogP contribution in [-0.2, 0) is 9.53 Å². The standard InChI is InChI=1S/C19H21BrN4O3S/c1-5-9-27-17(25)15-11(3)21-18-22-19(28-6-2)23-24(18)16(15)13-10-12(20)7-8-14(13)26-4/h5,7-8,10,16H,1,6,9H2,2-4H3,(H,21,22,23). The van der Waals surface area contributed by atoms with Crippen molar-refractivity contribution >= 4 is 39.6 Å². The highest BCUT2D eigenvalue weighted by Gasteiger charge is 2.36. The first-order chi connectivity index (χ1) is 13.5. The molecule has 0 fully saturated rings. The molecular weight excluding hydrogens is 444 g/mol. The average molecular weight is 465 g/mol. The van der Waals surface area contributed by atoms with Gasteiger partial charge in [-0.15, -0.1) is 5.10 Å². The number of aromatic nitrogens is 3. The molecule has 1 aliphatic heterocycles. The Labute approximate surface area is 176 Å². The summed E-state index contributed by atoms with van der Waals surface area (Å²) in [7, 11) is 1.60. The number of nitrogens with one attached hydrogen (secondary N) is 1. The number of allylic oxidation sites excluding steroid dienone is 1. The van der Waals surface area contributed by atoms with Crippen LogP contribution in [0.1, 0.15) is 25.5 Å². The highest BCUT2D eigenvalue weighted by molar-refractivity contribution is 9.10. The summed E-state index contributed by atoms with van der Waals surface area (Å²) in [5, 5.41) is 8.43. The Morgan fingerprint density at radius 3 is 2.96 bits per heavy atom. The summed E-state index contributed by atoms with van der Waals surface area (Å²) in [4.78, 5) is 17.4. The van der Waals surface area contributed by atoms with Crippen LogP contribution >= 0.6 is 27.7 Å². The molecule has 1 N–H and O–H groups in total. The zero-order valence-electron chi connectivity index (χ0n) is 15.9. The molecule has 0 amide bonds. The van der Waals surface area contributed by atoms with Crippen LogP contribution in [0.2, 0.25) is 0 Å². The number of rotatable bonds is 7. The fourth-order valence-electron chi connectivity index (χ4n) is 3.00. The molecule has 3 rings (SSSR count). The second kappa shape index (κ2) is 8.83. The van der Waals surface area contributed by atoms with Crippen molar-refractivity contribution < 1.29 is 14.3 Å². The van der Waals surface area contributed by atoms with Crippen molar-refractivity contribution in [2.45, 2.75) is 25.0 Å². The van der Waals surface area contributed by atoms with Gasteiger partial charge < -0.3 is 14.8 Å². The predicted octanol–water partition coefficient (Wildman–Crippen LogP) is 4.18. The summed E-state index contributed by atoms with van der Waals surface area (Å²) in [6.45, 7) is 7.59. The van der Waals surface area contributed by atoms with E-state index in [-0.39, 0.29) is 6.61 Å². The number of esters is 1. The van der Waals surface area contributed by atoms with Gasteiger partial charge in [0.25, 0.3) is 0 Å². The first-order valence-electron chi connectivity index (χ1n) is 8.68. The third-order valence-electron chi connectivity index (χ3n) is 4.15. The molecule has 1 aromatic carbocycles. The van der Waals surface area contributed by atoms with Crippen LogP contribution in [0.3, 0.4) is 0 Å². The van der Waals surface area contributed by atoms with Crippen LogP contribution in [0.25, 0.3) is 0 Å². The minimum atomic E-state index is -0.542. The summed E-state index contributed by atoms with van der Waals surface area (Å²) < 4.78 is 13.5. The zero-order valence-corrected chi connectivity index (χ0v) is 18.3. The number of nitrogens with zero attached hydrogens (tertiary/aromatic N) is 3. The molecule has 7 nitrogen and oxygen atoms in total. The van der Waals surface area contributed by atoms with Crippen molar-refractivity contribution in [3.8, 4) is 5.75 Å². The average Bonchev–Trinajstić information content (AvgIpc) is 3.07. The van der Waals surface area contributed by atoms with Gasteiger partial charge in [-0.3, -0.25) is 0 Å². The number of hydrogen-bond acceptors (Lipinski definition) is 7. The molecule has 2 aromatic rings. The molecule has 9 heteroatoms. The SMILES string of the molecule is C=CCOC(=O)C1=C(C)Nc2nc(SCC)nn2C1c1cc(Br)ccc1OC. The molecule has 0 saturated carbocycles. The Morgan fingerprint density at radius 2 is 2.29 bits per heavy atom. The minimum Gasteiger partial charge on any atom is -0.496 e. The summed E-state index contributed by atoms with van der Waals surface area (Å²) in [5.41, 5.74) is 1.89. The van der Waals surface area contributed by atoms with Crippen molar-refractivity contribution in [3.63, 3.8) is 0 Å². The van der Waals surface area contributed by atoms with Gasteiger partial charge in [-0.1, -0.05) is 47.3 Å². The van der Waals surface area contributed by atoms with Crippen molar-refractivity contribution in [1.82, 2.24) is 14.8 Å². The van der Waals surface area contributed by atoms with Crippen LogP contribution in [0.4, 0.5) is 5.95 Å². The highest BCUT2D eigenvalue weighted by atomic mass is 79.9. The quantitative estimate of drug-likeness (QED) is 0.374. The van der Waals surface area contributed by atoms with Crippen LogP contribution in [0, 0.1) is 0 Å². The van der Waals surface area contributed by atoms with E-state index in [4.69, 9.17) is 9.47 Å². The number of hydrogen-bond donors (Lipinski definition) is 1. The number of thioether (sulfide) groups is 1. The number of carbonyl (C=O) groups excluding carboxylic acids is 1. The highest BCUT2D eigenvalue weighted by Crippen LogP contribution is 2.41. The zero-order chi connectivity index (χ0) is 20.3. The Hall–Kier alpha value is -2.26. The number of benzene rings is 1. The Bertz CT molecular complexity index is 941. The van der Waals surface area contributed by atoms with Gasteiger partial charge in [0.2, 0.25) is 11.1 Å². The summed E-state index contributed by atoms with van der Waals surface area (Å²) >= 11 is 5.04. The number of ether oxygens (including phenoxy) is 2. The number of methoxy groups -OCH3 is 1. The molecule has 0 spiro atoms. The van der Waals surface area contributed by atoms with E-state index >= 15 is 0 Å². The van der Waals surface area contributed by atoms with Gasteiger partial charge in [0.05, 0.1) is 12.7 Å². The van der Waals surface area contributed by atoms with Gasteiger partial charge in [-0.05, 0) is 30.9 Å². The van der Waals surface area contributed by atoms with E-state index in [1.54, 1.807) is 11.8 Å². The smallest absolute Gasteiger partial charge is 0.338 e. The maximum Gasteiger partial charge on any atom is 0.338 e. The van der Waals surface area contributed by atoms with Crippen LogP contribution in [0.15, 0.2) is 51.8 Å². The molecule has 0 saturated heterocycles. The minimum absolute atomic E-state index is 0.124. The van der Waals surface area contributed by atoms with E-state index in [1.165, 1.54) is 17.8 Å². The lowest BCUT2D eigenvalue weighted by atomic mass is 9.95. The van der Waals surface area contributed by atoms with Gasteiger partial charge in [0.15, 0.2) is 0 Å². The predicted molar refractivity (Wildman–Crippen MR) is 113 cm³/mol. The molecule has 1 atom stereocenters. The topological polar surface area (TPSA) is 78.3 Å². The summed E-state index contributed by atoms with van der Waals surface area (Å²) in [5.74, 6) is 1.61. The second-order valence-corrected chi connectivity index (χ2v) is 8.08. The van der Waals surface area contributed by atoms with E-state index in [0.29, 0.717) is 28.1 Å². The van der Waals surface area contributed by atoms with Crippen LogP contribution < -0.4 is 10.1 Å². The number of fused-ring (bicyclic) bond motifs is 1. The van der Waals surface area contributed by atoms with Crippen LogP contribution in [0.5, 0.6) is 5.75 Å².